The molecule has 0 aliphatic carbocycles. The smallest absolute Gasteiger partial charge is 0.0185 e. The highest BCUT2D eigenvalue weighted by Gasteiger charge is 2.12. The van der Waals surface area contributed by atoms with Crippen LogP contribution >= 0.6 is 24.2 Å². The summed E-state index contributed by atoms with van der Waals surface area (Å²) < 4.78 is 0. The van der Waals surface area contributed by atoms with E-state index in [2.05, 4.69) is 45.0 Å². The van der Waals surface area contributed by atoms with Gasteiger partial charge in [-0.25, -0.2) is 0 Å². The lowest BCUT2D eigenvalue weighted by Crippen LogP contribution is -2.10. The van der Waals surface area contributed by atoms with Crippen molar-refractivity contribution in [2.45, 2.75) is 31.9 Å². The Morgan fingerprint density at radius 3 is 2.12 bits per heavy atom. The summed E-state index contributed by atoms with van der Waals surface area (Å²) in [5.74, 6) is 2.11. The fourth-order valence-corrected chi connectivity index (χ4v) is 2.11. The van der Waals surface area contributed by atoms with Gasteiger partial charge in [0.2, 0.25) is 0 Å². The highest BCUT2D eigenvalue weighted by molar-refractivity contribution is 7.98. The van der Waals surface area contributed by atoms with Gasteiger partial charge in [0.05, 0.1) is 0 Å². The molecular formula is C13H22ClNS. The number of benzene rings is 1. The van der Waals surface area contributed by atoms with Crippen molar-refractivity contribution in [2.24, 2.45) is 5.73 Å². The Morgan fingerprint density at radius 2 is 1.69 bits per heavy atom. The van der Waals surface area contributed by atoms with E-state index in [1.165, 1.54) is 11.1 Å². The molecule has 0 radical (unpaired) electrons. The highest BCUT2D eigenvalue weighted by Crippen LogP contribution is 2.23. The van der Waals surface area contributed by atoms with Crippen molar-refractivity contribution in [1.82, 2.24) is 0 Å². The lowest BCUT2D eigenvalue weighted by Gasteiger charge is -2.19. The van der Waals surface area contributed by atoms with Crippen LogP contribution in [0.5, 0.6) is 0 Å². The molecule has 0 spiro atoms. The monoisotopic (exact) mass is 259 g/mol. The van der Waals surface area contributed by atoms with Gasteiger partial charge in [0.1, 0.15) is 0 Å². The maximum atomic E-state index is 5.45. The van der Waals surface area contributed by atoms with Crippen molar-refractivity contribution < 1.29 is 0 Å². The second-order valence-electron chi connectivity index (χ2n) is 4.79. The van der Waals surface area contributed by atoms with Crippen LogP contribution in [0.15, 0.2) is 24.3 Å². The van der Waals surface area contributed by atoms with Gasteiger partial charge in [-0.15, -0.1) is 12.4 Å². The first kappa shape index (κ1) is 15.8. The molecule has 1 aromatic rings. The molecule has 0 aliphatic heterocycles. The van der Waals surface area contributed by atoms with E-state index in [0.717, 1.165) is 18.1 Å². The van der Waals surface area contributed by atoms with Gasteiger partial charge in [0.25, 0.3) is 0 Å². The molecule has 0 fully saturated rings. The summed E-state index contributed by atoms with van der Waals surface area (Å²) in [6.07, 6.45) is 0. The number of thioether (sulfide) groups is 1. The summed E-state index contributed by atoms with van der Waals surface area (Å²) in [5.41, 5.74) is 8.49. The first-order chi connectivity index (χ1) is 7.04. The zero-order chi connectivity index (χ0) is 11.3. The van der Waals surface area contributed by atoms with E-state index in [4.69, 9.17) is 5.73 Å². The summed E-state index contributed by atoms with van der Waals surface area (Å²) in [4.78, 5) is 0. The first-order valence-electron chi connectivity index (χ1n) is 5.41. The van der Waals surface area contributed by atoms with Crippen LogP contribution in [0.1, 0.15) is 31.9 Å². The SMILES string of the molecule is CC(C)(C)c1ccc(CSCCN)cc1.Cl. The van der Waals surface area contributed by atoms with Crippen LogP contribution < -0.4 is 5.73 Å². The Balaban J connectivity index is 0.00000225. The second-order valence-corrected chi connectivity index (χ2v) is 5.89. The molecule has 0 aliphatic rings. The van der Waals surface area contributed by atoms with Crippen LogP contribution in [-0.4, -0.2) is 12.3 Å². The summed E-state index contributed by atoms with van der Waals surface area (Å²) in [5, 5.41) is 0. The molecule has 0 atom stereocenters. The molecule has 0 heterocycles. The lowest BCUT2D eigenvalue weighted by molar-refractivity contribution is 0.590. The molecule has 0 saturated heterocycles. The normalized spacial score (nSPS) is 11.0. The average molecular weight is 260 g/mol. The van der Waals surface area contributed by atoms with Crippen LogP contribution in [0, 0.1) is 0 Å². The zero-order valence-electron chi connectivity index (χ0n) is 10.3. The molecule has 16 heavy (non-hydrogen) atoms. The van der Waals surface area contributed by atoms with Crippen LogP contribution in [0.25, 0.3) is 0 Å². The molecule has 0 aromatic heterocycles. The largest absolute Gasteiger partial charge is 0.330 e. The van der Waals surface area contributed by atoms with E-state index in [-0.39, 0.29) is 17.8 Å². The van der Waals surface area contributed by atoms with Crippen molar-refractivity contribution in [3.63, 3.8) is 0 Å². The van der Waals surface area contributed by atoms with Crippen molar-refractivity contribution in [3.05, 3.63) is 35.4 Å². The molecule has 0 amide bonds. The molecular weight excluding hydrogens is 238 g/mol. The summed E-state index contributed by atoms with van der Waals surface area (Å²) in [6, 6.07) is 8.92. The van der Waals surface area contributed by atoms with Gasteiger partial charge in [-0.1, -0.05) is 45.0 Å². The predicted molar refractivity (Wildman–Crippen MR) is 77.6 cm³/mol. The number of halogens is 1. The van der Waals surface area contributed by atoms with Crippen molar-refractivity contribution in [1.29, 1.82) is 0 Å². The fourth-order valence-electron chi connectivity index (χ4n) is 1.37. The molecule has 3 heteroatoms. The van der Waals surface area contributed by atoms with E-state index >= 15 is 0 Å². The fraction of sp³-hybridized carbons (Fsp3) is 0.538. The highest BCUT2D eigenvalue weighted by atomic mass is 35.5. The zero-order valence-corrected chi connectivity index (χ0v) is 12.0. The van der Waals surface area contributed by atoms with E-state index < -0.39 is 0 Å². The van der Waals surface area contributed by atoms with Crippen molar-refractivity contribution in [3.8, 4) is 0 Å². The predicted octanol–water partition coefficient (Wildman–Crippen LogP) is 3.60. The summed E-state index contributed by atoms with van der Waals surface area (Å²) in [7, 11) is 0. The third-order valence-electron chi connectivity index (χ3n) is 2.35. The quantitative estimate of drug-likeness (QED) is 0.837. The Labute approximate surface area is 110 Å². The molecule has 1 rings (SSSR count). The summed E-state index contributed by atoms with van der Waals surface area (Å²) >= 11 is 1.89. The molecule has 0 saturated carbocycles. The van der Waals surface area contributed by atoms with Crippen molar-refractivity contribution >= 4 is 24.2 Å². The third-order valence-corrected chi connectivity index (χ3v) is 3.41. The number of nitrogens with two attached hydrogens (primary N) is 1. The van der Waals surface area contributed by atoms with Gasteiger partial charge < -0.3 is 5.73 Å². The molecule has 1 aromatic carbocycles. The molecule has 0 bridgehead atoms. The topological polar surface area (TPSA) is 26.0 Å². The minimum absolute atomic E-state index is 0. The Hall–Kier alpha value is -0.180. The van der Waals surface area contributed by atoms with E-state index in [9.17, 15) is 0 Å². The molecule has 0 unspecified atom stereocenters. The minimum atomic E-state index is 0. The molecule has 92 valence electrons. The van der Waals surface area contributed by atoms with Gasteiger partial charge >= 0.3 is 0 Å². The number of hydrogen-bond acceptors (Lipinski definition) is 2. The molecule has 2 N–H and O–H groups in total. The maximum absolute atomic E-state index is 5.45. The second kappa shape index (κ2) is 7.21. The van der Waals surface area contributed by atoms with Crippen LogP contribution in [-0.2, 0) is 11.2 Å². The number of hydrogen-bond donors (Lipinski definition) is 1. The van der Waals surface area contributed by atoms with Crippen LogP contribution in [0.3, 0.4) is 0 Å². The minimum Gasteiger partial charge on any atom is -0.330 e. The van der Waals surface area contributed by atoms with Crippen LogP contribution in [0.4, 0.5) is 0 Å². The van der Waals surface area contributed by atoms with E-state index in [1.807, 2.05) is 11.8 Å². The molecule has 1 nitrogen and oxygen atoms in total. The van der Waals surface area contributed by atoms with Gasteiger partial charge in [-0.05, 0) is 16.5 Å². The standard InChI is InChI=1S/C13H21NS.ClH/c1-13(2,3)12-6-4-11(5-7-12)10-15-9-8-14;/h4-7H,8-10,14H2,1-3H3;1H. The maximum Gasteiger partial charge on any atom is 0.0185 e. The Bertz CT molecular complexity index is 290. The van der Waals surface area contributed by atoms with Crippen LogP contribution in [0.2, 0.25) is 0 Å². The van der Waals surface area contributed by atoms with Crippen molar-refractivity contribution in [2.75, 3.05) is 12.3 Å². The van der Waals surface area contributed by atoms with E-state index in [1.54, 1.807) is 0 Å². The Morgan fingerprint density at radius 1 is 1.12 bits per heavy atom. The van der Waals surface area contributed by atoms with Gasteiger partial charge in [0.15, 0.2) is 0 Å². The van der Waals surface area contributed by atoms with Gasteiger partial charge in [0, 0.05) is 18.1 Å². The summed E-state index contributed by atoms with van der Waals surface area (Å²) in [6.45, 7) is 7.49. The van der Waals surface area contributed by atoms with Gasteiger partial charge in [-0.3, -0.25) is 0 Å². The third kappa shape index (κ3) is 5.24. The van der Waals surface area contributed by atoms with Gasteiger partial charge in [-0.2, -0.15) is 11.8 Å². The Kier molecular flexibility index (Phi) is 7.12. The lowest BCUT2D eigenvalue weighted by atomic mass is 9.87. The van der Waals surface area contributed by atoms with E-state index in [0.29, 0.717) is 0 Å². The number of rotatable bonds is 4. The average Bonchev–Trinajstić information content (AvgIpc) is 2.18. The first-order valence-corrected chi connectivity index (χ1v) is 6.57.